The lowest BCUT2D eigenvalue weighted by Crippen LogP contribution is -2.53. The van der Waals surface area contributed by atoms with Crippen molar-refractivity contribution in [3.8, 4) is 0 Å². The molecule has 0 aromatic rings. The molecule has 0 spiro atoms. The van der Waals surface area contributed by atoms with E-state index in [0.717, 1.165) is 0 Å². The van der Waals surface area contributed by atoms with E-state index < -0.39 is 5.41 Å². The number of carbonyl (C=O) groups is 1. The molecule has 0 rings (SSSR count). The second kappa shape index (κ2) is 8.48. The van der Waals surface area contributed by atoms with Gasteiger partial charge in [0.2, 0.25) is 5.91 Å². The Morgan fingerprint density at radius 3 is 2.16 bits per heavy atom. The molecule has 0 aliphatic carbocycles. The third-order valence-electron chi connectivity index (χ3n) is 3.74. The molecule has 5 heteroatoms. The smallest absolute Gasteiger partial charge is 0.233 e. The quantitative estimate of drug-likeness (QED) is 0.639. The zero-order chi connectivity index (χ0) is 15.1. The average Bonchev–Trinajstić information content (AvgIpc) is 2.35. The topological polar surface area (TPSA) is 64.3 Å². The fourth-order valence-electron chi connectivity index (χ4n) is 1.98. The van der Waals surface area contributed by atoms with Crippen molar-refractivity contribution >= 4 is 23.1 Å². The molecule has 0 fully saturated rings. The molecule has 1 unspecified atom stereocenters. The van der Waals surface area contributed by atoms with E-state index in [1.54, 1.807) is 0 Å². The Labute approximate surface area is 122 Å². The summed E-state index contributed by atoms with van der Waals surface area (Å²) in [6.07, 6.45) is 1.23. The highest BCUT2D eigenvalue weighted by Gasteiger charge is 2.39. The normalized spacial score (nSPS) is 13.4. The van der Waals surface area contributed by atoms with E-state index in [9.17, 15) is 4.79 Å². The maximum absolute atomic E-state index is 12.5. The lowest BCUT2D eigenvalue weighted by atomic mass is 9.81. The van der Waals surface area contributed by atoms with Gasteiger partial charge in [0.05, 0.1) is 23.1 Å². The molecule has 0 saturated heterocycles. The minimum atomic E-state index is -0.741. The van der Waals surface area contributed by atoms with Crippen molar-refractivity contribution in [2.45, 2.75) is 53.5 Å². The van der Waals surface area contributed by atoms with E-state index in [1.165, 1.54) is 0 Å². The first kappa shape index (κ1) is 18.3. The van der Waals surface area contributed by atoms with Crippen molar-refractivity contribution in [3.63, 3.8) is 0 Å². The summed E-state index contributed by atoms with van der Waals surface area (Å²) in [5.74, 6) is 0.219. The molecule has 3 N–H and O–H groups in total. The van der Waals surface area contributed by atoms with Gasteiger partial charge in [0.25, 0.3) is 0 Å². The summed E-state index contributed by atoms with van der Waals surface area (Å²) < 4.78 is 5.42. The third-order valence-corrected chi connectivity index (χ3v) is 4.13. The zero-order valence-corrected chi connectivity index (χ0v) is 13.6. The Kier molecular flexibility index (Phi) is 8.18. The number of carbonyl (C=O) groups excluding carboxylic acids is 1. The molecule has 0 radical (unpaired) electrons. The number of rotatable bonds is 9. The minimum Gasteiger partial charge on any atom is -0.392 e. The number of hydrogen-bond acceptors (Lipinski definition) is 3. The van der Waals surface area contributed by atoms with Crippen LogP contribution in [0, 0.1) is 11.3 Å². The Morgan fingerprint density at radius 2 is 1.84 bits per heavy atom. The van der Waals surface area contributed by atoms with Gasteiger partial charge in [-0.25, -0.2) is 0 Å². The molecular weight excluding hydrogens is 260 g/mol. The Bertz CT molecular complexity index is 302. The van der Waals surface area contributed by atoms with Gasteiger partial charge in [0.15, 0.2) is 0 Å². The molecule has 19 heavy (non-hydrogen) atoms. The third kappa shape index (κ3) is 4.73. The number of amides is 1. The first-order valence-corrected chi connectivity index (χ1v) is 7.45. The molecule has 0 aromatic carbocycles. The van der Waals surface area contributed by atoms with Crippen molar-refractivity contribution in [2.24, 2.45) is 17.1 Å². The summed E-state index contributed by atoms with van der Waals surface area (Å²) in [5, 5.41) is 3.04. The monoisotopic (exact) mass is 288 g/mol. The van der Waals surface area contributed by atoms with Gasteiger partial charge >= 0.3 is 0 Å². The van der Waals surface area contributed by atoms with Gasteiger partial charge in [-0.05, 0) is 25.7 Å². The summed E-state index contributed by atoms with van der Waals surface area (Å²) >= 11 is 5.10. The molecule has 4 nitrogen and oxygen atoms in total. The Morgan fingerprint density at radius 1 is 1.32 bits per heavy atom. The molecule has 1 atom stereocenters. The van der Waals surface area contributed by atoms with Crippen molar-refractivity contribution < 1.29 is 9.53 Å². The van der Waals surface area contributed by atoms with E-state index in [-0.39, 0.29) is 16.9 Å². The second-order valence-electron chi connectivity index (χ2n) is 5.14. The molecule has 0 bridgehead atoms. The summed E-state index contributed by atoms with van der Waals surface area (Å²) in [6.45, 7) is 11.1. The van der Waals surface area contributed by atoms with E-state index in [0.29, 0.717) is 32.0 Å². The highest BCUT2D eigenvalue weighted by atomic mass is 32.1. The van der Waals surface area contributed by atoms with E-state index >= 15 is 0 Å². The van der Waals surface area contributed by atoms with Crippen LogP contribution < -0.4 is 11.1 Å². The van der Waals surface area contributed by atoms with Crippen molar-refractivity contribution in [1.29, 1.82) is 0 Å². The molecule has 1 amide bonds. The van der Waals surface area contributed by atoms with Gasteiger partial charge < -0.3 is 15.8 Å². The van der Waals surface area contributed by atoms with Crippen LogP contribution in [0.1, 0.15) is 47.5 Å². The lowest BCUT2D eigenvalue weighted by molar-refractivity contribution is -0.129. The first-order chi connectivity index (χ1) is 8.85. The molecule has 0 aliphatic rings. The van der Waals surface area contributed by atoms with Crippen LogP contribution in [0.15, 0.2) is 0 Å². The predicted molar refractivity (Wildman–Crippen MR) is 83.1 cm³/mol. The molecular formula is C14H28N2O2S. The van der Waals surface area contributed by atoms with Gasteiger partial charge in [-0.3, -0.25) is 4.79 Å². The fourth-order valence-corrected chi connectivity index (χ4v) is 2.36. The van der Waals surface area contributed by atoms with Crippen LogP contribution in [-0.4, -0.2) is 30.2 Å². The molecule has 0 saturated carbocycles. The minimum absolute atomic E-state index is 0.0146. The maximum Gasteiger partial charge on any atom is 0.233 e. The van der Waals surface area contributed by atoms with Crippen LogP contribution in [-0.2, 0) is 9.53 Å². The van der Waals surface area contributed by atoms with E-state index in [2.05, 4.69) is 19.2 Å². The molecule has 112 valence electrons. The SMILES string of the molecule is CCOCC(NC(=O)C(CC)(CC)C(N)=S)C(C)C. The summed E-state index contributed by atoms with van der Waals surface area (Å²) in [6, 6.07) is -0.0146. The van der Waals surface area contributed by atoms with Crippen LogP contribution in [0.2, 0.25) is 0 Å². The summed E-state index contributed by atoms with van der Waals surface area (Å²) in [5.41, 5.74) is 5.04. The zero-order valence-electron chi connectivity index (χ0n) is 12.8. The largest absolute Gasteiger partial charge is 0.392 e. The van der Waals surface area contributed by atoms with Crippen LogP contribution >= 0.6 is 12.2 Å². The van der Waals surface area contributed by atoms with E-state index in [4.69, 9.17) is 22.7 Å². The first-order valence-electron chi connectivity index (χ1n) is 7.04. The predicted octanol–water partition coefficient (Wildman–Crippen LogP) is 2.26. The maximum atomic E-state index is 12.5. The number of thiocarbonyl (C=S) groups is 1. The summed E-state index contributed by atoms with van der Waals surface area (Å²) in [4.78, 5) is 12.8. The molecule has 0 heterocycles. The second-order valence-corrected chi connectivity index (χ2v) is 5.58. The Balaban J connectivity index is 4.91. The summed E-state index contributed by atoms with van der Waals surface area (Å²) in [7, 11) is 0. The number of nitrogens with one attached hydrogen (secondary N) is 1. The van der Waals surface area contributed by atoms with Crippen LogP contribution in [0.4, 0.5) is 0 Å². The van der Waals surface area contributed by atoms with Gasteiger partial charge in [-0.15, -0.1) is 0 Å². The number of ether oxygens (including phenoxy) is 1. The van der Waals surface area contributed by atoms with Gasteiger partial charge in [-0.1, -0.05) is 39.9 Å². The van der Waals surface area contributed by atoms with Crippen molar-refractivity contribution in [1.82, 2.24) is 5.32 Å². The average molecular weight is 288 g/mol. The van der Waals surface area contributed by atoms with Crippen LogP contribution in [0.3, 0.4) is 0 Å². The fraction of sp³-hybridized carbons (Fsp3) is 0.857. The molecule has 0 aromatic heterocycles. The molecule has 0 aliphatic heterocycles. The Hall–Kier alpha value is -0.680. The van der Waals surface area contributed by atoms with Crippen LogP contribution in [0.25, 0.3) is 0 Å². The number of hydrogen-bond donors (Lipinski definition) is 2. The van der Waals surface area contributed by atoms with E-state index in [1.807, 2.05) is 20.8 Å². The highest BCUT2D eigenvalue weighted by molar-refractivity contribution is 7.80. The van der Waals surface area contributed by atoms with Crippen molar-refractivity contribution in [3.05, 3.63) is 0 Å². The van der Waals surface area contributed by atoms with Gasteiger partial charge in [-0.2, -0.15) is 0 Å². The van der Waals surface area contributed by atoms with Gasteiger partial charge in [0, 0.05) is 6.61 Å². The van der Waals surface area contributed by atoms with Crippen molar-refractivity contribution in [2.75, 3.05) is 13.2 Å². The lowest BCUT2D eigenvalue weighted by Gasteiger charge is -2.32. The highest BCUT2D eigenvalue weighted by Crippen LogP contribution is 2.27. The van der Waals surface area contributed by atoms with Crippen LogP contribution in [0.5, 0.6) is 0 Å². The number of nitrogens with two attached hydrogens (primary N) is 1. The standard InChI is InChI=1S/C14H28N2O2S/c1-6-14(7-2,12(15)19)13(17)16-11(10(4)5)9-18-8-3/h10-11H,6-9H2,1-5H3,(H2,15,19)(H,16,17). The van der Waals surface area contributed by atoms with Gasteiger partial charge in [0.1, 0.15) is 0 Å².